The van der Waals surface area contributed by atoms with E-state index in [-0.39, 0.29) is 0 Å². The molecule has 1 aliphatic carbocycles. The molecule has 1 saturated carbocycles. The van der Waals surface area contributed by atoms with Gasteiger partial charge in [0.25, 0.3) is 0 Å². The fourth-order valence-corrected chi connectivity index (χ4v) is 3.30. The number of carbonyl (C=O) groups is 1. The number of aliphatic hydroxyl groups is 1. The Balaban J connectivity index is 2.75. The van der Waals surface area contributed by atoms with Gasteiger partial charge in [-0.25, -0.2) is 0 Å². The van der Waals surface area contributed by atoms with Crippen molar-refractivity contribution in [2.75, 3.05) is 0 Å². The van der Waals surface area contributed by atoms with E-state index in [1.165, 1.54) is 0 Å². The molecule has 0 aromatic carbocycles. The fraction of sp³-hybridized carbons (Fsp3) is 0.933. The number of aliphatic carboxylic acids is 1. The van der Waals surface area contributed by atoms with E-state index in [1.54, 1.807) is 0 Å². The van der Waals surface area contributed by atoms with Crippen LogP contribution in [0.5, 0.6) is 0 Å². The lowest BCUT2D eigenvalue weighted by atomic mass is 9.78. The summed E-state index contributed by atoms with van der Waals surface area (Å²) in [6.07, 6.45) is 5.72. The van der Waals surface area contributed by atoms with Crippen LogP contribution in [0, 0.1) is 17.8 Å². The predicted molar refractivity (Wildman–Crippen MR) is 72.4 cm³/mol. The molecule has 0 bridgehead atoms. The molecule has 3 atom stereocenters. The molecule has 18 heavy (non-hydrogen) atoms. The second-order valence-electron chi connectivity index (χ2n) is 6.22. The Morgan fingerprint density at radius 2 is 2.00 bits per heavy atom. The van der Waals surface area contributed by atoms with Crippen molar-refractivity contribution in [3.05, 3.63) is 0 Å². The van der Waals surface area contributed by atoms with Crippen LogP contribution < -0.4 is 0 Å². The summed E-state index contributed by atoms with van der Waals surface area (Å²) in [5.74, 6) is -0.160. The first kappa shape index (κ1) is 15.5. The van der Waals surface area contributed by atoms with E-state index in [0.717, 1.165) is 25.7 Å². The fourth-order valence-electron chi connectivity index (χ4n) is 3.30. The third-order valence-electron chi connectivity index (χ3n) is 4.60. The van der Waals surface area contributed by atoms with Crippen molar-refractivity contribution in [2.45, 2.75) is 71.3 Å². The highest BCUT2D eigenvalue weighted by molar-refractivity contribution is 5.71. The molecule has 1 rings (SSSR count). The van der Waals surface area contributed by atoms with Gasteiger partial charge >= 0.3 is 5.97 Å². The number of hydrogen-bond donors (Lipinski definition) is 2. The zero-order valence-corrected chi connectivity index (χ0v) is 12.0. The first-order valence-corrected chi connectivity index (χ1v) is 7.36. The first-order chi connectivity index (χ1) is 8.40. The standard InChI is InChI=1S/C15H28O3/c1-4-6-13(14(16)17)15(18)9-5-7-12(8-10-15)11(2)3/h11-13,18H,4-10H2,1-3H3,(H,16,17). The Bertz CT molecular complexity index is 275. The van der Waals surface area contributed by atoms with Crippen LogP contribution in [0.15, 0.2) is 0 Å². The smallest absolute Gasteiger partial charge is 0.309 e. The van der Waals surface area contributed by atoms with Crippen LogP contribution >= 0.6 is 0 Å². The van der Waals surface area contributed by atoms with Crippen molar-refractivity contribution in [1.82, 2.24) is 0 Å². The average Bonchev–Trinajstić information content (AvgIpc) is 2.48. The number of rotatable bonds is 5. The highest BCUT2D eigenvalue weighted by Crippen LogP contribution is 2.39. The van der Waals surface area contributed by atoms with Gasteiger partial charge in [-0.15, -0.1) is 0 Å². The van der Waals surface area contributed by atoms with Gasteiger partial charge in [0, 0.05) is 0 Å². The van der Waals surface area contributed by atoms with Crippen LogP contribution in [0.1, 0.15) is 65.7 Å². The third-order valence-corrected chi connectivity index (χ3v) is 4.60. The molecule has 0 amide bonds. The van der Waals surface area contributed by atoms with Crippen molar-refractivity contribution < 1.29 is 15.0 Å². The van der Waals surface area contributed by atoms with Gasteiger partial charge in [0.2, 0.25) is 0 Å². The lowest BCUT2D eigenvalue weighted by molar-refractivity contribution is -0.154. The molecule has 3 unspecified atom stereocenters. The van der Waals surface area contributed by atoms with E-state index < -0.39 is 17.5 Å². The topological polar surface area (TPSA) is 57.5 Å². The molecular weight excluding hydrogens is 228 g/mol. The molecule has 0 saturated heterocycles. The van der Waals surface area contributed by atoms with Crippen LogP contribution in [-0.4, -0.2) is 21.8 Å². The molecule has 0 aliphatic heterocycles. The SMILES string of the molecule is CCCC(C(=O)O)C1(O)CCCC(C(C)C)CC1. The molecule has 106 valence electrons. The summed E-state index contributed by atoms with van der Waals surface area (Å²) in [5.41, 5.74) is -0.981. The maximum Gasteiger partial charge on any atom is 0.309 e. The van der Waals surface area contributed by atoms with Crippen molar-refractivity contribution in [3.8, 4) is 0 Å². The first-order valence-electron chi connectivity index (χ1n) is 7.36. The van der Waals surface area contributed by atoms with Crippen LogP contribution in [0.2, 0.25) is 0 Å². The summed E-state index contributed by atoms with van der Waals surface area (Å²) < 4.78 is 0. The van der Waals surface area contributed by atoms with E-state index in [4.69, 9.17) is 0 Å². The minimum atomic E-state index is -0.981. The van der Waals surface area contributed by atoms with Crippen molar-refractivity contribution >= 4 is 5.97 Å². The van der Waals surface area contributed by atoms with E-state index in [0.29, 0.717) is 31.1 Å². The van der Waals surface area contributed by atoms with Gasteiger partial charge < -0.3 is 10.2 Å². The minimum Gasteiger partial charge on any atom is -0.481 e. The number of hydrogen-bond acceptors (Lipinski definition) is 2. The van der Waals surface area contributed by atoms with Crippen molar-refractivity contribution in [3.63, 3.8) is 0 Å². The summed E-state index contributed by atoms with van der Waals surface area (Å²) in [6, 6.07) is 0. The normalized spacial score (nSPS) is 31.1. The molecule has 0 aromatic heterocycles. The van der Waals surface area contributed by atoms with E-state index >= 15 is 0 Å². The Morgan fingerprint density at radius 3 is 2.50 bits per heavy atom. The molecule has 3 nitrogen and oxygen atoms in total. The lowest BCUT2D eigenvalue weighted by Crippen LogP contribution is -2.42. The number of carboxylic acid groups (broad SMARTS) is 1. The molecule has 1 aliphatic rings. The van der Waals surface area contributed by atoms with Crippen LogP contribution in [0.4, 0.5) is 0 Å². The highest BCUT2D eigenvalue weighted by Gasteiger charge is 2.42. The van der Waals surface area contributed by atoms with Crippen molar-refractivity contribution in [2.24, 2.45) is 17.8 Å². The van der Waals surface area contributed by atoms with E-state index in [1.807, 2.05) is 6.92 Å². The summed E-state index contributed by atoms with van der Waals surface area (Å²) >= 11 is 0. The third kappa shape index (κ3) is 3.71. The van der Waals surface area contributed by atoms with E-state index in [2.05, 4.69) is 13.8 Å². The largest absolute Gasteiger partial charge is 0.481 e. The second kappa shape index (κ2) is 6.55. The molecular formula is C15H28O3. The van der Waals surface area contributed by atoms with Gasteiger partial charge in [-0.3, -0.25) is 4.79 Å². The quantitative estimate of drug-likeness (QED) is 0.741. The Hall–Kier alpha value is -0.570. The average molecular weight is 256 g/mol. The second-order valence-corrected chi connectivity index (χ2v) is 6.22. The Kier molecular flexibility index (Phi) is 5.64. The Morgan fingerprint density at radius 1 is 1.33 bits per heavy atom. The maximum absolute atomic E-state index is 11.4. The molecule has 0 aromatic rings. The molecule has 0 radical (unpaired) electrons. The molecule has 1 fully saturated rings. The van der Waals surface area contributed by atoms with Crippen molar-refractivity contribution in [1.29, 1.82) is 0 Å². The summed E-state index contributed by atoms with van der Waals surface area (Å²) in [4.78, 5) is 11.4. The summed E-state index contributed by atoms with van der Waals surface area (Å²) in [6.45, 7) is 6.42. The predicted octanol–water partition coefficient (Wildman–Crippen LogP) is 3.45. The van der Waals surface area contributed by atoms with Gasteiger partial charge in [-0.2, -0.15) is 0 Å². The van der Waals surface area contributed by atoms with Gasteiger partial charge in [0.15, 0.2) is 0 Å². The summed E-state index contributed by atoms with van der Waals surface area (Å²) in [5, 5.41) is 20.1. The van der Waals surface area contributed by atoms with Gasteiger partial charge in [-0.05, 0) is 37.5 Å². The van der Waals surface area contributed by atoms with Gasteiger partial charge in [-0.1, -0.05) is 40.0 Å². The van der Waals surface area contributed by atoms with Gasteiger partial charge in [0.1, 0.15) is 0 Å². The Labute approximate surface area is 111 Å². The van der Waals surface area contributed by atoms with Crippen LogP contribution in [0.3, 0.4) is 0 Å². The number of carboxylic acids is 1. The lowest BCUT2D eigenvalue weighted by Gasteiger charge is -2.33. The molecule has 3 heteroatoms. The van der Waals surface area contributed by atoms with Gasteiger partial charge in [0.05, 0.1) is 11.5 Å². The monoisotopic (exact) mass is 256 g/mol. The van der Waals surface area contributed by atoms with E-state index in [9.17, 15) is 15.0 Å². The van der Waals surface area contributed by atoms with Crippen LogP contribution in [-0.2, 0) is 4.79 Å². The molecule has 2 N–H and O–H groups in total. The van der Waals surface area contributed by atoms with Crippen LogP contribution in [0.25, 0.3) is 0 Å². The zero-order chi connectivity index (χ0) is 13.8. The highest BCUT2D eigenvalue weighted by atomic mass is 16.4. The minimum absolute atomic E-state index is 0.582. The summed E-state index contributed by atoms with van der Waals surface area (Å²) in [7, 11) is 0. The molecule has 0 heterocycles. The zero-order valence-electron chi connectivity index (χ0n) is 12.0. The maximum atomic E-state index is 11.4. The molecule has 0 spiro atoms.